The highest BCUT2D eigenvalue weighted by Gasteiger charge is 1.84. The summed E-state index contributed by atoms with van der Waals surface area (Å²) in [6.45, 7) is 0.0875. The summed E-state index contributed by atoms with van der Waals surface area (Å²) in [7, 11) is 0. The number of aliphatic hydroxyl groups excluding tert-OH is 1. The summed E-state index contributed by atoms with van der Waals surface area (Å²) in [5.74, 6) is 0.523. The molecule has 0 rings (SSSR count). The Kier molecular flexibility index (Phi) is 3.83. The second kappa shape index (κ2) is 3.95. The van der Waals surface area contributed by atoms with Crippen molar-refractivity contribution >= 4 is 16.9 Å². The van der Waals surface area contributed by atoms with E-state index in [1.165, 1.54) is 0 Å². The van der Waals surface area contributed by atoms with Gasteiger partial charge in [-0.25, -0.2) is 0 Å². The second-order valence-electron chi connectivity index (χ2n) is 0.936. The van der Waals surface area contributed by atoms with Crippen LogP contribution < -0.4 is 5.73 Å². The molecule has 0 aliphatic carbocycles. The van der Waals surface area contributed by atoms with Crippen molar-refractivity contribution in [3.8, 4) is 0 Å². The number of aliphatic hydroxyl groups is 1. The molecule has 0 saturated heterocycles. The van der Waals surface area contributed by atoms with Crippen LogP contribution in [0.25, 0.3) is 0 Å². The molecule has 0 aromatic heterocycles. The van der Waals surface area contributed by atoms with Crippen LogP contribution in [0, 0.1) is 5.41 Å². The van der Waals surface area contributed by atoms with Gasteiger partial charge in [-0.1, -0.05) is 11.8 Å². The molecular weight excluding hydrogens is 112 g/mol. The lowest BCUT2D eigenvalue weighted by Gasteiger charge is -1.89. The molecule has 0 aromatic rings. The van der Waals surface area contributed by atoms with Crippen LogP contribution >= 0.6 is 11.8 Å². The molecule has 4 heteroatoms. The van der Waals surface area contributed by atoms with E-state index < -0.39 is 0 Å². The average molecular weight is 120 g/mol. The van der Waals surface area contributed by atoms with Crippen LogP contribution in [0.2, 0.25) is 0 Å². The van der Waals surface area contributed by atoms with Crippen LogP contribution in [0.3, 0.4) is 0 Å². The molecule has 0 spiro atoms. The van der Waals surface area contributed by atoms with Crippen LogP contribution in [-0.4, -0.2) is 22.6 Å². The SMILES string of the molecule is N=C(N)SCCO. The Morgan fingerprint density at radius 2 is 2.43 bits per heavy atom. The lowest BCUT2D eigenvalue weighted by Crippen LogP contribution is -2.05. The highest BCUT2D eigenvalue weighted by Crippen LogP contribution is 1.93. The fourth-order valence-corrected chi connectivity index (χ4v) is 0.467. The number of thioether (sulfide) groups is 1. The molecule has 0 unspecified atom stereocenters. The Bertz CT molecular complexity index is 66.0. The van der Waals surface area contributed by atoms with Crippen molar-refractivity contribution in [2.75, 3.05) is 12.4 Å². The summed E-state index contributed by atoms with van der Waals surface area (Å²) in [5, 5.41) is 14.8. The third-order valence-corrected chi connectivity index (χ3v) is 1.05. The molecule has 4 N–H and O–H groups in total. The van der Waals surface area contributed by atoms with Gasteiger partial charge in [-0.3, -0.25) is 5.41 Å². The van der Waals surface area contributed by atoms with E-state index in [1.54, 1.807) is 0 Å². The monoisotopic (exact) mass is 120 g/mol. The molecule has 0 aliphatic heterocycles. The molecule has 42 valence electrons. The first-order valence-corrected chi connectivity index (χ1v) is 2.83. The van der Waals surface area contributed by atoms with Crippen molar-refractivity contribution in [1.82, 2.24) is 0 Å². The predicted octanol–water partition coefficient (Wildman–Crippen LogP) is -0.395. The highest BCUT2D eigenvalue weighted by atomic mass is 32.2. The van der Waals surface area contributed by atoms with E-state index >= 15 is 0 Å². The summed E-state index contributed by atoms with van der Waals surface area (Å²) in [5.41, 5.74) is 4.91. The normalized spacial score (nSPS) is 8.71. The zero-order valence-electron chi connectivity index (χ0n) is 3.85. The van der Waals surface area contributed by atoms with E-state index in [-0.39, 0.29) is 11.8 Å². The Labute approximate surface area is 46.4 Å². The number of amidine groups is 1. The van der Waals surface area contributed by atoms with Crippen molar-refractivity contribution in [1.29, 1.82) is 5.41 Å². The summed E-state index contributed by atoms with van der Waals surface area (Å²) in [6, 6.07) is 0. The molecule has 0 bridgehead atoms. The fraction of sp³-hybridized carbons (Fsp3) is 0.667. The zero-order valence-corrected chi connectivity index (χ0v) is 4.66. The number of hydrogen-bond acceptors (Lipinski definition) is 3. The Morgan fingerprint density at radius 3 is 2.57 bits per heavy atom. The van der Waals surface area contributed by atoms with Crippen LogP contribution in [0.1, 0.15) is 0 Å². The lowest BCUT2D eigenvalue weighted by atomic mass is 10.9. The standard InChI is InChI=1S/C3H8N2OS/c4-3(5)7-2-1-6/h6H,1-2H2,(H3,4,5). The van der Waals surface area contributed by atoms with Gasteiger partial charge < -0.3 is 10.8 Å². The van der Waals surface area contributed by atoms with Crippen LogP contribution in [0.15, 0.2) is 0 Å². The predicted molar refractivity (Wildman–Crippen MR) is 31.5 cm³/mol. The maximum atomic E-state index is 8.14. The highest BCUT2D eigenvalue weighted by molar-refractivity contribution is 8.13. The largest absolute Gasteiger partial charge is 0.396 e. The second-order valence-corrected chi connectivity index (χ2v) is 2.07. The van der Waals surface area contributed by atoms with Crippen molar-refractivity contribution < 1.29 is 5.11 Å². The maximum absolute atomic E-state index is 8.14. The zero-order chi connectivity index (χ0) is 5.70. The van der Waals surface area contributed by atoms with Gasteiger partial charge in [0.15, 0.2) is 5.17 Å². The van der Waals surface area contributed by atoms with Crippen LogP contribution in [0.4, 0.5) is 0 Å². The van der Waals surface area contributed by atoms with Gasteiger partial charge in [0.2, 0.25) is 0 Å². The topological polar surface area (TPSA) is 70.1 Å². The van der Waals surface area contributed by atoms with Gasteiger partial charge in [-0.2, -0.15) is 0 Å². The minimum Gasteiger partial charge on any atom is -0.396 e. The van der Waals surface area contributed by atoms with E-state index in [0.29, 0.717) is 5.75 Å². The minimum atomic E-state index is 0.0639. The Morgan fingerprint density at radius 1 is 1.86 bits per heavy atom. The lowest BCUT2D eigenvalue weighted by molar-refractivity contribution is 0.323. The summed E-state index contributed by atoms with van der Waals surface area (Å²) >= 11 is 1.14. The van der Waals surface area contributed by atoms with Gasteiger partial charge in [-0.05, 0) is 0 Å². The van der Waals surface area contributed by atoms with Gasteiger partial charge >= 0.3 is 0 Å². The van der Waals surface area contributed by atoms with Crippen LogP contribution in [0.5, 0.6) is 0 Å². The molecule has 0 fully saturated rings. The van der Waals surface area contributed by atoms with E-state index in [1.807, 2.05) is 0 Å². The van der Waals surface area contributed by atoms with Gasteiger partial charge in [0.05, 0.1) is 6.61 Å². The third kappa shape index (κ3) is 5.78. The first-order valence-electron chi connectivity index (χ1n) is 1.85. The molecule has 0 amide bonds. The molecular formula is C3H8N2OS. The van der Waals surface area contributed by atoms with Crippen LogP contribution in [-0.2, 0) is 0 Å². The number of nitrogens with two attached hydrogens (primary N) is 1. The molecule has 3 nitrogen and oxygen atoms in total. The number of rotatable bonds is 2. The summed E-state index contributed by atoms with van der Waals surface area (Å²) in [6.07, 6.45) is 0. The van der Waals surface area contributed by atoms with Gasteiger partial charge in [0.1, 0.15) is 0 Å². The van der Waals surface area contributed by atoms with Crippen molar-refractivity contribution in [2.45, 2.75) is 0 Å². The van der Waals surface area contributed by atoms with E-state index in [0.717, 1.165) is 11.8 Å². The summed E-state index contributed by atoms with van der Waals surface area (Å²) < 4.78 is 0. The Hall–Kier alpha value is -0.220. The van der Waals surface area contributed by atoms with Crippen molar-refractivity contribution in [3.63, 3.8) is 0 Å². The molecule has 0 heterocycles. The first-order chi connectivity index (χ1) is 3.27. The Balaban J connectivity index is 2.82. The van der Waals surface area contributed by atoms with Crippen molar-refractivity contribution in [3.05, 3.63) is 0 Å². The quantitative estimate of drug-likeness (QED) is 0.343. The molecule has 0 atom stereocenters. The van der Waals surface area contributed by atoms with Crippen molar-refractivity contribution in [2.24, 2.45) is 5.73 Å². The van der Waals surface area contributed by atoms with E-state index in [9.17, 15) is 0 Å². The molecule has 7 heavy (non-hydrogen) atoms. The molecule has 0 saturated carbocycles. The molecule has 0 aromatic carbocycles. The number of nitrogens with one attached hydrogen (secondary N) is 1. The third-order valence-electron chi connectivity index (χ3n) is 0.349. The number of hydrogen-bond donors (Lipinski definition) is 3. The average Bonchev–Trinajstić information content (AvgIpc) is 1.61. The van der Waals surface area contributed by atoms with Gasteiger partial charge in [-0.15, -0.1) is 0 Å². The maximum Gasteiger partial charge on any atom is 0.151 e. The molecule has 0 radical (unpaired) electrons. The van der Waals surface area contributed by atoms with E-state index in [2.05, 4.69) is 0 Å². The van der Waals surface area contributed by atoms with Gasteiger partial charge in [0.25, 0.3) is 0 Å². The first kappa shape index (κ1) is 6.78. The molecule has 0 aliphatic rings. The smallest absolute Gasteiger partial charge is 0.151 e. The van der Waals surface area contributed by atoms with Gasteiger partial charge in [0, 0.05) is 5.75 Å². The fourth-order valence-electron chi connectivity index (χ4n) is 0.156. The summed E-state index contributed by atoms with van der Waals surface area (Å²) in [4.78, 5) is 0. The van der Waals surface area contributed by atoms with E-state index in [4.69, 9.17) is 16.2 Å². The minimum absolute atomic E-state index is 0.0639.